The number of ether oxygens (including phenoxy) is 1. The highest BCUT2D eigenvalue weighted by Gasteiger charge is 2.28. The van der Waals surface area contributed by atoms with Crippen molar-refractivity contribution in [3.8, 4) is 5.75 Å². The Morgan fingerprint density at radius 2 is 1.93 bits per heavy atom. The first-order valence-electron chi connectivity index (χ1n) is 9.49. The molecule has 0 spiro atoms. The number of likely N-dealkylation sites (tertiary alicyclic amines) is 1. The van der Waals surface area contributed by atoms with E-state index in [1.807, 2.05) is 38.1 Å². The molecule has 1 fully saturated rings. The molecule has 3 rings (SSSR count). The van der Waals surface area contributed by atoms with Gasteiger partial charge in [-0.2, -0.15) is 0 Å². The number of hydrogen-bond acceptors (Lipinski definition) is 4. The molecule has 1 aliphatic heterocycles. The summed E-state index contributed by atoms with van der Waals surface area (Å²) >= 11 is 0. The van der Waals surface area contributed by atoms with Crippen LogP contribution in [0, 0.1) is 12.7 Å². The minimum Gasteiger partial charge on any atom is -0.491 e. The summed E-state index contributed by atoms with van der Waals surface area (Å²) in [6.45, 7) is 7.83. The van der Waals surface area contributed by atoms with E-state index in [-0.39, 0.29) is 17.0 Å². The molecule has 2 aromatic rings. The van der Waals surface area contributed by atoms with Crippen LogP contribution in [-0.2, 0) is 16.6 Å². The molecule has 0 radical (unpaired) electrons. The summed E-state index contributed by atoms with van der Waals surface area (Å²) in [5.41, 5.74) is 1.69. The van der Waals surface area contributed by atoms with Crippen molar-refractivity contribution >= 4 is 10.0 Å². The third-order valence-corrected chi connectivity index (χ3v) is 6.40. The van der Waals surface area contributed by atoms with Crippen molar-refractivity contribution < 1.29 is 17.5 Å². The van der Waals surface area contributed by atoms with Gasteiger partial charge in [-0.05, 0) is 62.6 Å². The lowest BCUT2D eigenvalue weighted by atomic mass is 10.2. The largest absolute Gasteiger partial charge is 0.491 e. The summed E-state index contributed by atoms with van der Waals surface area (Å²) in [7, 11) is -3.74. The molecular weight excluding hydrogens is 379 g/mol. The second kappa shape index (κ2) is 8.59. The maximum atomic E-state index is 13.5. The van der Waals surface area contributed by atoms with Crippen LogP contribution in [-0.4, -0.2) is 38.6 Å². The van der Waals surface area contributed by atoms with Crippen LogP contribution < -0.4 is 9.46 Å². The predicted molar refractivity (Wildman–Crippen MR) is 107 cm³/mol. The summed E-state index contributed by atoms with van der Waals surface area (Å²) in [4.78, 5) is 2.22. The van der Waals surface area contributed by atoms with Gasteiger partial charge in [-0.25, -0.2) is 17.5 Å². The van der Waals surface area contributed by atoms with E-state index in [1.165, 1.54) is 12.1 Å². The summed E-state index contributed by atoms with van der Waals surface area (Å²) in [5, 5.41) is 0. The van der Waals surface area contributed by atoms with Crippen LogP contribution in [0.25, 0.3) is 0 Å². The average Bonchev–Trinajstić information content (AvgIpc) is 3.04. The van der Waals surface area contributed by atoms with Gasteiger partial charge in [0.05, 0.1) is 11.0 Å². The zero-order valence-electron chi connectivity index (χ0n) is 16.5. The van der Waals surface area contributed by atoms with Gasteiger partial charge in [0.15, 0.2) is 0 Å². The molecule has 7 heteroatoms. The van der Waals surface area contributed by atoms with Crippen molar-refractivity contribution in [2.75, 3.05) is 13.1 Å². The number of nitrogens with zero attached hydrogens (tertiary/aromatic N) is 1. The highest BCUT2D eigenvalue weighted by Crippen LogP contribution is 2.21. The first-order valence-corrected chi connectivity index (χ1v) is 11.0. The molecule has 1 saturated heterocycles. The molecule has 152 valence electrons. The average molecular weight is 407 g/mol. The van der Waals surface area contributed by atoms with Gasteiger partial charge in [0.25, 0.3) is 0 Å². The van der Waals surface area contributed by atoms with Gasteiger partial charge in [-0.15, -0.1) is 0 Å². The van der Waals surface area contributed by atoms with Crippen molar-refractivity contribution in [2.24, 2.45) is 0 Å². The Kier molecular flexibility index (Phi) is 6.37. The van der Waals surface area contributed by atoms with Crippen LogP contribution in [0.1, 0.15) is 31.4 Å². The van der Waals surface area contributed by atoms with Crippen molar-refractivity contribution in [3.63, 3.8) is 0 Å². The summed E-state index contributed by atoms with van der Waals surface area (Å²) in [6.07, 6.45) is 0.863. The normalized spacial score (nSPS) is 18.0. The minimum atomic E-state index is -3.74. The van der Waals surface area contributed by atoms with Crippen molar-refractivity contribution in [3.05, 3.63) is 59.4 Å². The van der Waals surface area contributed by atoms with Crippen molar-refractivity contribution in [1.82, 2.24) is 9.62 Å². The van der Waals surface area contributed by atoms with Crippen LogP contribution >= 0.6 is 0 Å². The van der Waals surface area contributed by atoms with E-state index in [0.29, 0.717) is 12.1 Å². The third-order valence-electron chi connectivity index (χ3n) is 4.74. The standard InChI is InChI=1S/C21H27FN2O3S/c1-15(2)27-20-8-5-17(6-9-20)13-24-11-10-19(14-24)23-28(25,26)21-12-18(22)7-4-16(21)3/h4-9,12,15,19,23H,10-11,13-14H2,1-3H3/t19-/m0/s1. The highest BCUT2D eigenvalue weighted by molar-refractivity contribution is 7.89. The van der Waals surface area contributed by atoms with Crippen molar-refractivity contribution in [2.45, 2.75) is 50.8 Å². The lowest BCUT2D eigenvalue weighted by molar-refractivity contribution is 0.242. The van der Waals surface area contributed by atoms with Gasteiger partial charge >= 0.3 is 0 Å². The van der Waals surface area contributed by atoms with E-state index in [2.05, 4.69) is 9.62 Å². The van der Waals surface area contributed by atoms with E-state index in [1.54, 1.807) is 6.92 Å². The van der Waals surface area contributed by atoms with Crippen LogP contribution in [0.2, 0.25) is 0 Å². The number of hydrogen-bond donors (Lipinski definition) is 1. The van der Waals surface area contributed by atoms with Crippen molar-refractivity contribution in [1.29, 1.82) is 0 Å². The van der Waals surface area contributed by atoms with Gasteiger partial charge in [0.1, 0.15) is 11.6 Å². The Balaban J connectivity index is 1.58. The molecule has 0 aliphatic carbocycles. The van der Waals surface area contributed by atoms with E-state index in [0.717, 1.165) is 36.9 Å². The van der Waals surface area contributed by atoms with Gasteiger partial charge < -0.3 is 4.74 Å². The molecule has 28 heavy (non-hydrogen) atoms. The predicted octanol–water partition coefficient (Wildman–Crippen LogP) is 3.47. The topological polar surface area (TPSA) is 58.6 Å². The summed E-state index contributed by atoms with van der Waals surface area (Å²) in [5.74, 6) is 0.292. The number of sulfonamides is 1. The van der Waals surface area contributed by atoms with Gasteiger partial charge in [-0.3, -0.25) is 4.90 Å². The zero-order valence-corrected chi connectivity index (χ0v) is 17.3. The summed E-state index contributed by atoms with van der Waals surface area (Å²) < 4.78 is 47.2. The molecule has 1 heterocycles. The molecule has 0 bridgehead atoms. The Bertz CT molecular complexity index is 914. The molecule has 0 unspecified atom stereocenters. The molecule has 1 aliphatic rings. The molecule has 1 N–H and O–H groups in total. The number of aryl methyl sites for hydroxylation is 1. The lowest BCUT2D eigenvalue weighted by Gasteiger charge is -2.18. The Morgan fingerprint density at radius 3 is 2.61 bits per heavy atom. The van der Waals surface area contributed by atoms with Gasteiger partial charge in [0.2, 0.25) is 10.0 Å². The highest BCUT2D eigenvalue weighted by atomic mass is 32.2. The first-order chi connectivity index (χ1) is 13.2. The molecule has 0 aromatic heterocycles. The molecule has 0 amide bonds. The Hall–Kier alpha value is -1.96. The molecular formula is C21H27FN2O3S. The third kappa shape index (κ3) is 5.31. The fourth-order valence-corrected chi connectivity index (χ4v) is 4.94. The van der Waals surface area contributed by atoms with E-state index in [4.69, 9.17) is 4.74 Å². The minimum absolute atomic E-state index is 0.00620. The SMILES string of the molecule is Cc1ccc(F)cc1S(=O)(=O)N[C@H]1CCN(Cc2ccc(OC(C)C)cc2)C1. The quantitative estimate of drug-likeness (QED) is 0.765. The second-order valence-corrected chi connectivity index (χ2v) is 9.24. The van der Waals surface area contributed by atoms with Crippen LogP contribution in [0.3, 0.4) is 0 Å². The second-order valence-electron chi connectivity index (χ2n) is 7.56. The Morgan fingerprint density at radius 1 is 1.21 bits per heavy atom. The van der Waals surface area contributed by atoms with Crippen LogP contribution in [0.15, 0.2) is 47.4 Å². The number of rotatable bonds is 7. The Labute approximate surface area is 166 Å². The fourth-order valence-electron chi connectivity index (χ4n) is 3.42. The maximum Gasteiger partial charge on any atom is 0.241 e. The van der Waals surface area contributed by atoms with E-state index in [9.17, 15) is 12.8 Å². The van der Waals surface area contributed by atoms with E-state index >= 15 is 0 Å². The zero-order chi connectivity index (χ0) is 20.3. The molecule has 1 atom stereocenters. The van der Waals surface area contributed by atoms with Gasteiger partial charge in [-0.1, -0.05) is 18.2 Å². The van der Waals surface area contributed by atoms with E-state index < -0.39 is 15.8 Å². The fraction of sp³-hybridized carbons (Fsp3) is 0.429. The summed E-state index contributed by atoms with van der Waals surface area (Å²) in [6, 6.07) is 11.6. The smallest absolute Gasteiger partial charge is 0.241 e. The molecule has 2 aromatic carbocycles. The maximum absolute atomic E-state index is 13.5. The van der Waals surface area contributed by atoms with Crippen LogP contribution in [0.5, 0.6) is 5.75 Å². The van der Waals surface area contributed by atoms with Gasteiger partial charge in [0, 0.05) is 25.7 Å². The number of nitrogens with one attached hydrogen (secondary N) is 1. The first kappa shape index (κ1) is 20.8. The monoisotopic (exact) mass is 406 g/mol. The number of halogens is 1. The lowest BCUT2D eigenvalue weighted by Crippen LogP contribution is -2.37. The number of benzene rings is 2. The van der Waals surface area contributed by atoms with Crippen LogP contribution in [0.4, 0.5) is 4.39 Å². The molecule has 5 nitrogen and oxygen atoms in total. The molecule has 0 saturated carbocycles.